The van der Waals surface area contributed by atoms with Crippen LogP contribution in [0, 0.1) is 0 Å². The number of carbonyl (C=O) groups is 2. The molecule has 102 valence electrons. The molecule has 1 saturated heterocycles. The van der Waals surface area contributed by atoms with E-state index in [9.17, 15) is 9.59 Å². The molecule has 1 aliphatic rings. The zero-order valence-electron chi connectivity index (χ0n) is 10.7. The summed E-state index contributed by atoms with van der Waals surface area (Å²) in [7, 11) is 0. The zero-order valence-corrected chi connectivity index (χ0v) is 10.7. The van der Waals surface area contributed by atoms with Crippen molar-refractivity contribution in [1.82, 2.24) is 15.4 Å². The van der Waals surface area contributed by atoms with Crippen LogP contribution in [0.1, 0.15) is 10.6 Å². The van der Waals surface area contributed by atoms with Gasteiger partial charge in [-0.25, -0.2) is 0 Å². The second kappa shape index (κ2) is 5.16. The molecule has 2 amide bonds. The first-order valence-electron chi connectivity index (χ1n) is 6.32. The van der Waals surface area contributed by atoms with Gasteiger partial charge in [-0.3, -0.25) is 9.59 Å². The van der Waals surface area contributed by atoms with Gasteiger partial charge >= 0.3 is 0 Å². The summed E-state index contributed by atoms with van der Waals surface area (Å²) in [6.07, 6.45) is 0. The average Bonchev–Trinajstić information content (AvgIpc) is 2.97. The number of nitrogens with zero attached hydrogens (tertiary/aromatic N) is 2. The van der Waals surface area contributed by atoms with Crippen molar-refractivity contribution >= 4 is 11.8 Å². The maximum Gasteiger partial charge on any atom is 0.293 e. The number of amides is 2. The molecule has 0 aliphatic carbocycles. The van der Waals surface area contributed by atoms with E-state index in [0.29, 0.717) is 18.8 Å². The summed E-state index contributed by atoms with van der Waals surface area (Å²) in [6.45, 7) is 0.996. The third kappa shape index (κ3) is 2.40. The molecule has 0 saturated carbocycles. The molecule has 1 aromatic carbocycles. The molecule has 2 heterocycles. The van der Waals surface area contributed by atoms with Crippen LogP contribution in [0.4, 0.5) is 0 Å². The first-order valence-corrected chi connectivity index (χ1v) is 6.32. The number of piperazine rings is 1. The van der Waals surface area contributed by atoms with Gasteiger partial charge in [-0.15, -0.1) is 0 Å². The summed E-state index contributed by atoms with van der Waals surface area (Å²) in [5, 5.41) is 6.57. The highest BCUT2D eigenvalue weighted by atomic mass is 16.5. The van der Waals surface area contributed by atoms with Crippen molar-refractivity contribution in [1.29, 1.82) is 0 Å². The van der Waals surface area contributed by atoms with E-state index in [-0.39, 0.29) is 24.1 Å². The Morgan fingerprint density at radius 2 is 2.10 bits per heavy atom. The molecule has 1 fully saturated rings. The molecule has 1 aromatic heterocycles. The van der Waals surface area contributed by atoms with Crippen LogP contribution >= 0.6 is 0 Å². The molecular weight excluding hydrogens is 258 g/mol. The molecule has 3 rings (SSSR count). The molecule has 2 aromatic rings. The van der Waals surface area contributed by atoms with Gasteiger partial charge in [0.25, 0.3) is 5.91 Å². The lowest BCUT2D eigenvalue weighted by Gasteiger charge is -2.25. The van der Waals surface area contributed by atoms with Crippen LogP contribution in [0.25, 0.3) is 11.3 Å². The van der Waals surface area contributed by atoms with E-state index in [4.69, 9.17) is 4.52 Å². The second-order valence-corrected chi connectivity index (χ2v) is 4.52. The number of benzene rings is 1. The molecule has 0 unspecified atom stereocenters. The van der Waals surface area contributed by atoms with Gasteiger partial charge in [-0.05, 0) is 0 Å². The van der Waals surface area contributed by atoms with Gasteiger partial charge in [-0.1, -0.05) is 35.5 Å². The largest absolute Gasteiger partial charge is 0.353 e. The topological polar surface area (TPSA) is 75.4 Å². The van der Waals surface area contributed by atoms with Crippen molar-refractivity contribution < 1.29 is 14.1 Å². The van der Waals surface area contributed by atoms with Gasteiger partial charge in [0.15, 0.2) is 0 Å². The fourth-order valence-corrected chi connectivity index (χ4v) is 2.09. The Labute approximate surface area is 115 Å². The number of carbonyl (C=O) groups excluding carboxylic acids is 2. The van der Waals surface area contributed by atoms with Crippen LogP contribution in [0.15, 0.2) is 40.9 Å². The van der Waals surface area contributed by atoms with Gasteiger partial charge in [0.2, 0.25) is 11.7 Å². The van der Waals surface area contributed by atoms with Gasteiger partial charge in [-0.2, -0.15) is 0 Å². The normalized spacial score (nSPS) is 15.0. The monoisotopic (exact) mass is 271 g/mol. The van der Waals surface area contributed by atoms with E-state index in [1.54, 1.807) is 6.07 Å². The summed E-state index contributed by atoms with van der Waals surface area (Å²) in [5.41, 5.74) is 1.49. The number of hydrogen-bond donors (Lipinski definition) is 1. The molecule has 1 N–H and O–H groups in total. The van der Waals surface area contributed by atoms with Gasteiger partial charge in [0.1, 0.15) is 12.2 Å². The van der Waals surface area contributed by atoms with E-state index < -0.39 is 0 Å². The predicted molar refractivity (Wildman–Crippen MR) is 70.9 cm³/mol. The van der Waals surface area contributed by atoms with Gasteiger partial charge in [0.05, 0.1) is 0 Å². The highest BCUT2D eigenvalue weighted by molar-refractivity contribution is 5.95. The van der Waals surface area contributed by atoms with E-state index in [2.05, 4.69) is 10.5 Å². The van der Waals surface area contributed by atoms with E-state index in [0.717, 1.165) is 5.56 Å². The fourth-order valence-electron chi connectivity index (χ4n) is 2.09. The highest BCUT2D eigenvalue weighted by Crippen LogP contribution is 2.19. The Kier molecular flexibility index (Phi) is 3.20. The maximum atomic E-state index is 12.2. The Morgan fingerprint density at radius 3 is 2.85 bits per heavy atom. The Hall–Kier alpha value is -2.63. The summed E-state index contributed by atoms with van der Waals surface area (Å²) in [5.74, 6) is -0.319. The summed E-state index contributed by atoms with van der Waals surface area (Å²) < 4.78 is 5.10. The van der Waals surface area contributed by atoms with Crippen molar-refractivity contribution in [3.05, 3.63) is 42.2 Å². The summed E-state index contributed by atoms with van der Waals surface area (Å²) in [6, 6.07) is 11.1. The first kappa shape index (κ1) is 12.4. The lowest BCUT2D eigenvalue weighted by Crippen LogP contribution is -2.49. The fraction of sp³-hybridized carbons (Fsp3) is 0.214. The number of rotatable bonds is 2. The quantitative estimate of drug-likeness (QED) is 0.881. The number of aromatic nitrogens is 1. The summed E-state index contributed by atoms with van der Waals surface area (Å²) >= 11 is 0. The second-order valence-electron chi connectivity index (χ2n) is 4.52. The highest BCUT2D eigenvalue weighted by Gasteiger charge is 2.25. The van der Waals surface area contributed by atoms with Crippen LogP contribution in [-0.4, -0.2) is 41.5 Å². The molecule has 6 heteroatoms. The lowest BCUT2D eigenvalue weighted by molar-refractivity contribution is -0.123. The minimum Gasteiger partial charge on any atom is -0.353 e. The van der Waals surface area contributed by atoms with Crippen LogP contribution < -0.4 is 5.32 Å². The SMILES string of the molecule is O=C1CN(C(=O)c2cc(-c3ccccc3)no2)CCN1. The van der Waals surface area contributed by atoms with Crippen molar-refractivity contribution in [3.63, 3.8) is 0 Å². The van der Waals surface area contributed by atoms with Crippen molar-refractivity contribution in [3.8, 4) is 11.3 Å². The van der Waals surface area contributed by atoms with E-state index >= 15 is 0 Å². The van der Waals surface area contributed by atoms with E-state index in [1.807, 2.05) is 30.3 Å². The van der Waals surface area contributed by atoms with E-state index in [1.165, 1.54) is 4.90 Å². The lowest BCUT2D eigenvalue weighted by atomic mass is 10.1. The maximum absolute atomic E-state index is 12.2. The smallest absolute Gasteiger partial charge is 0.293 e. The Morgan fingerprint density at radius 1 is 1.30 bits per heavy atom. The van der Waals surface area contributed by atoms with Crippen molar-refractivity contribution in [2.45, 2.75) is 0 Å². The summed E-state index contributed by atoms with van der Waals surface area (Å²) in [4.78, 5) is 24.9. The molecule has 20 heavy (non-hydrogen) atoms. The zero-order chi connectivity index (χ0) is 13.9. The molecule has 1 aliphatic heterocycles. The number of nitrogens with one attached hydrogen (secondary N) is 1. The molecule has 0 bridgehead atoms. The molecular formula is C14H13N3O3. The molecule has 0 radical (unpaired) electrons. The van der Waals surface area contributed by atoms with Crippen molar-refractivity contribution in [2.75, 3.05) is 19.6 Å². The van der Waals surface area contributed by atoms with Crippen LogP contribution in [0.5, 0.6) is 0 Å². The predicted octanol–water partition coefficient (Wildman–Crippen LogP) is 0.914. The third-order valence-electron chi connectivity index (χ3n) is 3.12. The third-order valence-corrected chi connectivity index (χ3v) is 3.12. The molecule has 0 spiro atoms. The standard InChI is InChI=1S/C14H13N3O3/c18-13-9-17(7-6-15-13)14(19)12-8-11(16-20-12)10-4-2-1-3-5-10/h1-5,8H,6-7,9H2,(H,15,18). The number of hydrogen-bond acceptors (Lipinski definition) is 4. The van der Waals surface area contributed by atoms with Crippen LogP contribution in [0.3, 0.4) is 0 Å². The van der Waals surface area contributed by atoms with Crippen molar-refractivity contribution in [2.24, 2.45) is 0 Å². The Bertz CT molecular complexity index is 636. The van der Waals surface area contributed by atoms with Crippen LogP contribution in [0.2, 0.25) is 0 Å². The van der Waals surface area contributed by atoms with Crippen LogP contribution in [-0.2, 0) is 4.79 Å². The molecule has 6 nitrogen and oxygen atoms in total. The Balaban J connectivity index is 1.80. The molecule has 0 atom stereocenters. The van der Waals surface area contributed by atoms with Gasteiger partial charge < -0.3 is 14.7 Å². The first-order chi connectivity index (χ1) is 9.74. The van der Waals surface area contributed by atoms with Gasteiger partial charge in [0, 0.05) is 24.7 Å². The minimum absolute atomic E-state index is 0.0558. The average molecular weight is 271 g/mol. The minimum atomic E-state index is -0.311.